The Balaban J connectivity index is 2.00. The molecule has 1 saturated heterocycles. The zero-order valence-electron chi connectivity index (χ0n) is 9.57. The van der Waals surface area contributed by atoms with Crippen LogP contribution in [-0.4, -0.2) is 40.8 Å². The van der Waals surface area contributed by atoms with Crippen LogP contribution in [0.25, 0.3) is 0 Å². The summed E-state index contributed by atoms with van der Waals surface area (Å²) in [5.74, 6) is 1.16. The first-order valence-corrected chi connectivity index (χ1v) is 5.61. The molecule has 15 heavy (non-hydrogen) atoms. The highest BCUT2D eigenvalue weighted by Crippen LogP contribution is 2.08. The van der Waals surface area contributed by atoms with Crippen LogP contribution in [0, 0.1) is 0 Å². The van der Waals surface area contributed by atoms with Gasteiger partial charge >= 0.3 is 0 Å². The molecule has 1 aromatic heterocycles. The standard InChI is InChI=1S/C11H19N3O/c1-3-10-8-12-11(13(10)2)9-14-4-6-15-7-5-14/h8H,3-7,9H2,1-2H3. The lowest BCUT2D eigenvalue weighted by Crippen LogP contribution is -2.36. The summed E-state index contributed by atoms with van der Waals surface area (Å²) < 4.78 is 7.53. The summed E-state index contributed by atoms with van der Waals surface area (Å²) in [6, 6.07) is 0. The highest BCUT2D eigenvalue weighted by molar-refractivity contribution is 5.04. The van der Waals surface area contributed by atoms with Crippen LogP contribution < -0.4 is 0 Å². The molecule has 2 rings (SSSR count). The van der Waals surface area contributed by atoms with Gasteiger partial charge in [0.2, 0.25) is 0 Å². The molecule has 0 bridgehead atoms. The molecule has 1 aromatic rings. The van der Waals surface area contributed by atoms with Crippen molar-refractivity contribution in [3.05, 3.63) is 17.7 Å². The van der Waals surface area contributed by atoms with Crippen molar-refractivity contribution in [1.82, 2.24) is 14.5 Å². The van der Waals surface area contributed by atoms with E-state index in [0.29, 0.717) is 0 Å². The lowest BCUT2D eigenvalue weighted by atomic mass is 10.3. The highest BCUT2D eigenvalue weighted by atomic mass is 16.5. The first kappa shape index (κ1) is 10.6. The normalized spacial score (nSPS) is 18.3. The van der Waals surface area contributed by atoms with Crippen LogP contribution >= 0.6 is 0 Å². The van der Waals surface area contributed by atoms with Gasteiger partial charge in [-0.25, -0.2) is 4.98 Å². The molecular weight excluding hydrogens is 190 g/mol. The third-order valence-corrected chi connectivity index (χ3v) is 3.01. The predicted molar refractivity (Wildman–Crippen MR) is 58.7 cm³/mol. The zero-order chi connectivity index (χ0) is 10.7. The number of nitrogens with zero attached hydrogens (tertiary/aromatic N) is 3. The number of ether oxygens (including phenoxy) is 1. The van der Waals surface area contributed by atoms with Gasteiger partial charge in [0.15, 0.2) is 0 Å². The van der Waals surface area contributed by atoms with E-state index in [9.17, 15) is 0 Å². The molecule has 4 heteroatoms. The molecule has 0 atom stereocenters. The van der Waals surface area contributed by atoms with Gasteiger partial charge in [0, 0.05) is 32.0 Å². The largest absolute Gasteiger partial charge is 0.379 e. The molecule has 0 aliphatic carbocycles. The molecule has 0 unspecified atom stereocenters. The van der Waals surface area contributed by atoms with Crippen molar-refractivity contribution in [2.75, 3.05) is 26.3 Å². The van der Waals surface area contributed by atoms with E-state index in [-0.39, 0.29) is 0 Å². The molecule has 2 heterocycles. The Morgan fingerprint density at radius 3 is 2.73 bits per heavy atom. The Bertz CT molecular complexity index is 316. The van der Waals surface area contributed by atoms with Crippen molar-refractivity contribution in [1.29, 1.82) is 0 Å². The number of hydrogen-bond acceptors (Lipinski definition) is 3. The molecule has 0 saturated carbocycles. The Kier molecular flexibility index (Phi) is 3.38. The van der Waals surface area contributed by atoms with Crippen LogP contribution in [-0.2, 0) is 24.8 Å². The number of aryl methyl sites for hydroxylation is 1. The summed E-state index contributed by atoms with van der Waals surface area (Å²) >= 11 is 0. The van der Waals surface area contributed by atoms with Gasteiger partial charge in [-0.2, -0.15) is 0 Å². The second-order valence-corrected chi connectivity index (χ2v) is 3.97. The second-order valence-electron chi connectivity index (χ2n) is 3.97. The van der Waals surface area contributed by atoms with Crippen LogP contribution in [0.15, 0.2) is 6.20 Å². The van der Waals surface area contributed by atoms with Crippen LogP contribution in [0.2, 0.25) is 0 Å². The minimum absolute atomic E-state index is 0.852. The summed E-state index contributed by atoms with van der Waals surface area (Å²) in [5.41, 5.74) is 1.30. The molecule has 1 aliphatic heterocycles. The molecule has 0 aromatic carbocycles. The number of morpholine rings is 1. The first-order chi connectivity index (χ1) is 7.31. The van der Waals surface area contributed by atoms with E-state index in [2.05, 4.69) is 28.4 Å². The molecule has 84 valence electrons. The second kappa shape index (κ2) is 4.77. The third-order valence-electron chi connectivity index (χ3n) is 3.01. The number of rotatable bonds is 3. The van der Waals surface area contributed by atoms with E-state index in [1.807, 2.05) is 6.20 Å². The van der Waals surface area contributed by atoms with E-state index >= 15 is 0 Å². The fraction of sp³-hybridized carbons (Fsp3) is 0.727. The van der Waals surface area contributed by atoms with Crippen molar-refractivity contribution in [2.24, 2.45) is 7.05 Å². The smallest absolute Gasteiger partial charge is 0.122 e. The van der Waals surface area contributed by atoms with E-state index in [4.69, 9.17) is 4.74 Å². The molecule has 1 aliphatic rings. The SMILES string of the molecule is CCc1cnc(CN2CCOCC2)n1C. The first-order valence-electron chi connectivity index (χ1n) is 5.61. The minimum atomic E-state index is 0.852. The Labute approximate surface area is 90.9 Å². The molecule has 0 radical (unpaired) electrons. The maximum atomic E-state index is 5.33. The van der Waals surface area contributed by atoms with E-state index < -0.39 is 0 Å². The lowest BCUT2D eigenvalue weighted by molar-refractivity contribution is 0.0327. The Hall–Kier alpha value is -0.870. The summed E-state index contributed by atoms with van der Waals surface area (Å²) in [4.78, 5) is 6.86. The van der Waals surface area contributed by atoms with E-state index in [1.54, 1.807) is 0 Å². The quantitative estimate of drug-likeness (QED) is 0.738. The molecule has 0 N–H and O–H groups in total. The van der Waals surface area contributed by atoms with Gasteiger partial charge in [-0.05, 0) is 6.42 Å². The van der Waals surface area contributed by atoms with Gasteiger partial charge in [-0.15, -0.1) is 0 Å². The van der Waals surface area contributed by atoms with Crippen molar-refractivity contribution in [3.63, 3.8) is 0 Å². The van der Waals surface area contributed by atoms with Crippen molar-refractivity contribution in [2.45, 2.75) is 19.9 Å². The number of aromatic nitrogens is 2. The van der Waals surface area contributed by atoms with Crippen molar-refractivity contribution < 1.29 is 4.74 Å². The van der Waals surface area contributed by atoms with Gasteiger partial charge in [0.25, 0.3) is 0 Å². The Morgan fingerprint density at radius 2 is 2.13 bits per heavy atom. The van der Waals surface area contributed by atoms with Crippen molar-refractivity contribution in [3.8, 4) is 0 Å². The van der Waals surface area contributed by atoms with Gasteiger partial charge in [-0.1, -0.05) is 6.92 Å². The van der Waals surface area contributed by atoms with Gasteiger partial charge in [0.05, 0.1) is 19.8 Å². The van der Waals surface area contributed by atoms with Crippen LogP contribution in [0.1, 0.15) is 18.4 Å². The monoisotopic (exact) mass is 209 g/mol. The lowest BCUT2D eigenvalue weighted by Gasteiger charge is -2.26. The van der Waals surface area contributed by atoms with Gasteiger partial charge in [-0.3, -0.25) is 4.90 Å². The molecule has 1 fully saturated rings. The van der Waals surface area contributed by atoms with Crippen LogP contribution in [0.5, 0.6) is 0 Å². The summed E-state index contributed by atoms with van der Waals surface area (Å²) in [6.45, 7) is 6.86. The van der Waals surface area contributed by atoms with Gasteiger partial charge < -0.3 is 9.30 Å². The third kappa shape index (κ3) is 2.38. The van der Waals surface area contributed by atoms with Crippen LogP contribution in [0.3, 0.4) is 0 Å². The number of hydrogen-bond donors (Lipinski definition) is 0. The predicted octanol–water partition coefficient (Wildman–Crippen LogP) is 0.815. The fourth-order valence-corrected chi connectivity index (χ4v) is 1.92. The topological polar surface area (TPSA) is 30.3 Å². The van der Waals surface area contributed by atoms with Gasteiger partial charge in [0.1, 0.15) is 5.82 Å². The molecule has 0 spiro atoms. The van der Waals surface area contributed by atoms with Crippen molar-refractivity contribution >= 4 is 0 Å². The Morgan fingerprint density at radius 1 is 1.40 bits per heavy atom. The molecule has 4 nitrogen and oxygen atoms in total. The van der Waals surface area contributed by atoms with E-state index in [0.717, 1.165) is 45.1 Å². The zero-order valence-corrected chi connectivity index (χ0v) is 9.57. The average molecular weight is 209 g/mol. The molecular formula is C11H19N3O. The number of imidazole rings is 1. The summed E-state index contributed by atoms with van der Waals surface area (Å²) in [7, 11) is 2.10. The fourth-order valence-electron chi connectivity index (χ4n) is 1.92. The minimum Gasteiger partial charge on any atom is -0.379 e. The highest BCUT2D eigenvalue weighted by Gasteiger charge is 2.13. The summed E-state index contributed by atoms with van der Waals surface area (Å²) in [6.07, 6.45) is 3.03. The maximum absolute atomic E-state index is 5.33. The molecule has 0 amide bonds. The summed E-state index contributed by atoms with van der Waals surface area (Å²) in [5, 5.41) is 0. The van der Waals surface area contributed by atoms with E-state index in [1.165, 1.54) is 5.69 Å². The van der Waals surface area contributed by atoms with Crippen LogP contribution in [0.4, 0.5) is 0 Å². The maximum Gasteiger partial charge on any atom is 0.122 e. The average Bonchev–Trinajstić information content (AvgIpc) is 2.62.